The Kier molecular flexibility index (Phi) is 5.32. The highest BCUT2D eigenvalue weighted by Gasteiger charge is 2.27. The third kappa shape index (κ3) is 3.68. The van der Waals surface area contributed by atoms with Gasteiger partial charge in [0.2, 0.25) is 0 Å². The molecule has 110 valence electrons. The normalized spacial score (nSPS) is 21.6. The van der Waals surface area contributed by atoms with Crippen LogP contribution < -0.4 is 0 Å². The molecule has 0 spiro atoms. The van der Waals surface area contributed by atoms with Crippen LogP contribution in [-0.4, -0.2) is 55.4 Å². The van der Waals surface area contributed by atoms with E-state index >= 15 is 0 Å². The Balaban J connectivity index is 2.18. The summed E-state index contributed by atoms with van der Waals surface area (Å²) in [6, 6.07) is 8.14. The summed E-state index contributed by atoms with van der Waals surface area (Å²) >= 11 is 0. The van der Waals surface area contributed by atoms with E-state index in [1.165, 1.54) is 5.56 Å². The van der Waals surface area contributed by atoms with E-state index in [2.05, 4.69) is 43.0 Å². The van der Waals surface area contributed by atoms with Crippen LogP contribution in [0.2, 0.25) is 0 Å². The molecular weight excluding hydrogens is 248 g/mol. The van der Waals surface area contributed by atoms with E-state index < -0.39 is 0 Å². The van der Waals surface area contributed by atoms with Crippen LogP contribution in [0.15, 0.2) is 24.3 Å². The van der Waals surface area contributed by atoms with Crippen LogP contribution in [0.3, 0.4) is 0 Å². The lowest BCUT2D eigenvalue weighted by molar-refractivity contribution is 0.0839. The van der Waals surface area contributed by atoms with E-state index in [1.807, 2.05) is 12.1 Å². The molecule has 0 radical (unpaired) electrons. The summed E-state index contributed by atoms with van der Waals surface area (Å²) < 4.78 is 0. The van der Waals surface area contributed by atoms with Crippen molar-refractivity contribution in [1.82, 2.24) is 9.80 Å². The molecule has 1 atom stereocenters. The third-order valence-electron chi connectivity index (χ3n) is 4.12. The van der Waals surface area contributed by atoms with Crippen LogP contribution in [0.4, 0.5) is 0 Å². The fraction of sp³-hybridized carbons (Fsp3) is 0.588. The quantitative estimate of drug-likeness (QED) is 0.788. The molecule has 3 nitrogen and oxygen atoms in total. The van der Waals surface area contributed by atoms with Gasteiger partial charge in [-0.1, -0.05) is 31.5 Å². The lowest BCUT2D eigenvalue weighted by Crippen LogP contribution is -2.43. The van der Waals surface area contributed by atoms with Crippen LogP contribution in [0.25, 0.3) is 0 Å². The Morgan fingerprint density at radius 2 is 2.10 bits per heavy atom. The lowest BCUT2D eigenvalue weighted by Gasteiger charge is -2.26. The fourth-order valence-corrected chi connectivity index (χ4v) is 2.92. The monoisotopic (exact) mass is 274 g/mol. The molecule has 0 amide bonds. The number of carbonyl (C=O) groups is 1. The maximum atomic E-state index is 12.8. The molecule has 2 rings (SSSR count). The average Bonchev–Trinajstić information content (AvgIpc) is 2.60. The zero-order valence-electron chi connectivity index (χ0n) is 12.9. The zero-order valence-corrected chi connectivity index (χ0v) is 12.9. The van der Waals surface area contributed by atoms with Gasteiger partial charge in [0.15, 0.2) is 5.78 Å². The molecule has 1 heterocycles. The highest BCUT2D eigenvalue weighted by Crippen LogP contribution is 2.15. The molecule has 20 heavy (non-hydrogen) atoms. The lowest BCUT2D eigenvalue weighted by atomic mass is 9.99. The van der Waals surface area contributed by atoms with E-state index in [9.17, 15) is 4.79 Å². The highest BCUT2D eigenvalue weighted by atomic mass is 16.1. The molecular formula is C17H26N2O. The van der Waals surface area contributed by atoms with Gasteiger partial charge in [0.05, 0.1) is 6.04 Å². The minimum Gasteiger partial charge on any atom is -0.304 e. The second-order valence-electron chi connectivity index (χ2n) is 5.93. The molecule has 3 heteroatoms. The number of Topliss-reactive ketones (excluding diaryl/α,β-unsaturated/α-hetero) is 1. The van der Waals surface area contributed by atoms with Crippen molar-refractivity contribution in [3.8, 4) is 0 Å². The maximum Gasteiger partial charge on any atom is 0.181 e. The third-order valence-corrected chi connectivity index (χ3v) is 4.12. The second kappa shape index (κ2) is 7.00. The van der Waals surface area contributed by atoms with Gasteiger partial charge in [-0.05, 0) is 51.7 Å². The number of hydrogen-bond donors (Lipinski definition) is 0. The van der Waals surface area contributed by atoms with Crippen LogP contribution >= 0.6 is 0 Å². The van der Waals surface area contributed by atoms with Gasteiger partial charge < -0.3 is 4.90 Å². The fourth-order valence-electron chi connectivity index (χ4n) is 2.92. The van der Waals surface area contributed by atoms with Gasteiger partial charge in [-0.3, -0.25) is 9.69 Å². The highest BCUT2D eigenvalue weighted by molar-refractivity contribution is 6.00. The molecule has 0 bridgehead atoms. The van der Waals surface area contributed by atoms with E-state index in [0.717, 1.165) is 44.5 Å². The Bertz CT molecular complexity index is 458. The molecule has 1 saturated heterocycles. The number of likely N-dealkylation sites (N-methyl/N-ethyl adjacent to an activating group) is 2. The molecule has 0 N–H and O–H groups in total. The van der Waals surface area contributed by atoms with Gasteiger partial charge in [-0.25, -0.2) is 0 Å². The number of carbonyl (C=O) groups excluding carboxylic acids is 1. The predicted molar refractivity (Wildman–Crippen MR) is 83.3 cm³/mol. The summed E-state index contributed by atoms with van der Waals surface area (Å²) in [6.45, 7) is 5.06. The molecule has 1 aliphatic rings. The maximum absolute atomic E-state index is 12.8. The first-order valence-electron chi connectivity index (χ1n) is 7.63. The molecule has 1 aliphatic heterocycles. The van der Waals surface area contributed by atoms with Crippen molar-refractivity contribution in [2.75, 3.05) is 33.7 Å². The van der Waals surface area contributed by atoms with Crippen molar-refractivity contribution < 1.29 is 4.79 Å². The van der Waals surface area contributed by atoms with Crippen LogP contribution in [0, 0.1) is 0 Å². The summed E-state index contributed by atoms with van der Waals surface area (Å²) in [6.07, 6.45) is 3.29. The van der Waals surface area contributed by atoms with Gasteiger partial charge in [0, 0.05) is 12.1 Å². The van der Waals surface area contributed by atoms with Crippen molar-refractivity contribution in [2.45, 2.75) is 32.2 Å². The molecule has 1 fully saturated rings. The predicted octanol–water partition coefficient (Wildman–Crippen LogP) is 2.46. The molecule has 1 aromatic rings. The minimum atomic E-state index is -0.0145. The van der Waals surface area contributed by atoms with E-state index in [4.69, 9.17) is 0 Å². The Labute approximate surface area is 122 Å². The topological polar surface area (TPSA) is 23.6 Å². The van der Waals surface area contributed by atoms with E-state index in [-0.39, 0.29) is 11.8 Å². The number of aryl methyl sites for hydroxylation is 1. The summed E-state index contributed by atoms with van der Waals surface area (Å²) in [4.78, 5) is 17.3. The Morgan fingerprint density at radius 1 is 1.30 bits per heavy atom. The summed E-state index contributed by atoms with van der Waals surface area (Å²) in [7, 11) is 4.17. The molecule has 1 aromatic carbocycles. The molecule has 0 saturated carbocycles. The summed E-state index contributed by atoms with van der Waals surface area (Å²) in [5.41, 5.74) is 2.13. The summed E-state index contributed by atoms with van der Waals surface area (Å²) in [5.74, 6) is 0.263. The number of ketones is 1. The summed E-state index contributed by atoms with van der Waals surface area (Å²) in [5, 5.41) is 0. The standard InChI is InChI=1S/C17H26N2O/c1-4-7-14-8-5-9-15(12-14)17(20)16-13-18(2)10-6-11-19(16)3/h5,8-9,12,16H,4,6-7,10-11,13H2,1-3H3. The first-order valence-corrected chi connectivity index (χ1v) is 7.63. The number of hydrogen-bond acceptors (Lipinski definition) is 3. The van der Waals surface area contributed by atoms with Crippen LogP contribution in [-0.2, 0) is 6.42 Å². The van der Waals surface area contributed by atoms with Gasteiger partial charge >= 0.3 is 0 Å². The van der Waals surface area contributed by atoms with Crippen molar-refractivity contribution in [1.29, 1.82) is 0 Å². The van der Waals surface area contributed by atoms with Crippen LogP contribution in [0.1, 0.15) is 35.7 Å². The second-order valence-corrected chi connectivity index (χ2v) is 5.93. The van der Waals surface area contributed by atoms with E-state index in [1.54, 1.807) is 0 Å². The van der Waals surface area contributed by atoms with E-state index in [0.29, 0.717) is 0 Å². The first kappa shape index (κ1) is 15.2. The number of rotatable bonds is 4. The van der Waals surface area contributed by atoms with Crippen LogP contribution in [0.5, 0.6) is 0 Å². The van der Waals surface area contributed by atoms with Crippen molar-refractivity contribution in [3.63, 3.8) is 0 Å². The van der Waals surface area contributed by atoms with Gasteiger partial charge in [0.25, 0.3) is 0 Å². The van der Waals surface area contributed by atoms with Gasteiger partial charge in [-0.15, -0.1) is 0 Å². The van der Waals surface area contributed by atoms with Crippen molar-refractivity contribution >= 4 is 5.78 Å². The van der Waals surface area contributed by atoms with Gasteiger partial charge in [0.1, 0.15) is 0 Å². The zero-order chi connectivity index (χ0) is 14.5. The Hall–Kier alpha value is -1.19. The largest absolute Gasteiger partial charge is 0.304 e. The average molecular weight is 274 g/mol. The molecule has 0 aliphatic carbocycles. The number of nitrogens with zero attached hydrogens (tertiary/aromatic N) is 2. The Morgan fingerprint density at radius 3 is 2.85 bits per heavy atom. The SMILES string of the molecule is CCCc1cccc(C(=O)C2CN(C)CCCN2C)c1. The first-order chi connectivity index (χ1) is 9.61. The minimum absolute atomic E-state index is 0.0145. The van der Waals surface area contributed by atoms with Crippen molar-refractivity contribution in [3.05, 3.63) is 35.4 Å². The van der Waals surface area contributed by atoms with Gasteiger partial charge in [-0.2, -0.15) is 0 Å². The molecule has 0 aromatic heterocycles. The number of benzene rings is 1. The van der Waals surface area contributed by atoms with Crippen molar-refractivity contribution in [2.24, 2.45) is 0 Å². The molecule has 1 unspecified atom stereocenters. The smallest absolute Gasteiger partial charge is 0.181 e.